The van der Waals surface area contributed by atoms with Crippen molar-refractivity contribution < 1.29 is 4.74 Å². The monoisotopic (exact) mass is 214 g/mol. The van der Waals surface area contributed by atoms with E-state index in [1.807, 2.05) is 12.4 Å². The zero-order chi connectivity index (χ0) is 10.8. The van der Waals surface area contributed by atoms with Crippen LogP contribution in [0, 0.1) is 0 Å². The van der Waals surface area contributed by atoms with Crippen LogP contribution in [-0.4, -0.2) is 24.7 Å². The fourth-order valence-corrected chi connectivity index (χ4v) is 2.19. The molecule has 3 nitrogen and oxygen atoms in total. The standard InChI is InChI=1S/C13H14N2O/c1-2-10-8-14-5-4-11(10)12(3-1)13-9-15-6-7-16-13/h1-5,8,13,15H,6-7,9H2. The summed E-state index contributed by atoms with van der Waals surface area (Å²) >= 11 is 0. The second kappa shape index (κ2) is 4.20. The van der Waals surface area contributed by atoms with Gasteiger partial charge in [-0.25, -0.2) is 0 Å². The highest BCUT2D eigenvalue weighted by atomic mass is 16.5. The average Bonchev–Trinajstić information content (AvgIpc) is 2.39. The van der Waals surface area contributed by atoms with Gasteiger partial charge in [0, 0.05) is 30.9 Å². The van der Waals surface area contributed by atoms with E-state index in [-0.39, 0.29) is 6.10 Å². The summed E-state index contributed by atoms with van der Waals surface area (Å²) in [5.41, 5.74) is 1.26. The summed E-state index contributed by atoms with van der Waals surface area (Å²) in [6, 6.07) is 8.35. The summed E-state index contributed by atoms with van der Waals surface area (Å²) in [5, 5.41) is 5.77. The lowest BCUT2D eigenvalue weighted by Crippen LogP contribution is -2.33. The molecule has 1 aliphatic rings. The van der Waals surface area contributed by atoms with Crippen LogP contribution in [0.5, 0.6) is 0 Å². The molecule has 0 spiro atoms. The number of morpholine rings is 1. The third kappa shape index (κ3) is 1.68. The van der Waals surface area contributed by atoms with Crippen LogP contribution < -0.4 is 5.32 Å². The van der Waals surface area contributed by atoms with Crippen LogP contribution in [0.2, 0.25) is 0 Å². The number of hydrogen-bond donors (Lipinski definition) is 1. The van der Waals surface area contributed by atoms with Crippen molar-refractivity contribution in [2.75, 3.05) is 19.7 Å². The van der Waals surface area contributed by atoms with E-state index in [1.54, 1.807) is 0 Å². The minimum atomic E-state index is 0.167. The van der Waals surface area contributed by atoms with Gasteiger partial charge in [0.05, 0.1) is 12.7 Å². The van der Waals surface area contributed by atoms with E-state index in [1.165, 1.54) is 16.3 Å². The summed E-state index contributed by atoms with van der Waals surface area (Å²) in [6.07, 6.45) is 3.90. The number of nitrogens with zero attached hydrogens (tertiary/aromatic N) is 1. The summed E-state index contributed by atoms with van der Waals surface area (Å²) in [5.74, 6) is 0. The van der Waals surface area contributed by atoms with Gasteiger partial charge in [0.2, 0.25) is 0 Å². The molecular formula is C13H14N2O. The minimum Gasteiger partial charge on any atom is -0.371 e. The molecule has 82 valence electrons. The lowest BCUT2D eigenvalue weighted by atomic mass is 10.0. The Morgan fingerprint density at radius 1 is 1.31 bits per heavy atom. The Hall–Kier alpha value is -1.45. The molecule has 2 heterocycles. The highest BCUT2D eigenvalue weighted by Gasteiger charge is 2.17. The van der Waals surface area contributed by atoms with Gasteiger partial charge in [-0.05, 0) is 17.0 Å². The van der Waals surface area contributed by atoms with E-state index in [9.17, 15) is 0 Å². The zero-order valence-corrected chi connectivity index (χ0v) is 9.02. The van der Waals surface area contributed by atoms with Crippen molar-refractivity contribution in [2.24, 2.45) is 0 Å². The molecule has 3 heteroatoms. The number of aromatic nitrogens is 1. The molecule has 1 aromatic heterocycles. The molecule has 0 aliphatic carbocycles. The van der Waals surface area contributed by atoms with Gasteiger partial charge in [-0.1, -0.05) is 18.2 Å². The summed E-state index contributed by atoms with van der Waals surface area (Å²) in [6.45, 7) is 2.62. The Labute approximate surface area is 94.5 Å². The third-order valence-electron chi connectivity index (χ3n) is 2.99. The molecule has 1 atom stereocenters. The van der Waals surface area contributed by atoms with Gasteiger partial charge in [0.25, 0.3) is 0 Å². The molecule has 1 aromatic carbocycles. The fourth-order valence-electron chi connectivity index (χ4n) is 2.19. The highest BCUT2D eigenvalue weighted by Crippen LogP contribution is 2.26. The second-order valence-corrected chi connectivity index (χ2v) is 4.01. The Morgan fingerprint density at radius 3 is 3.19 bits per heavy atom. The maximum Gasteiger partial charge on any atom is 0.0955 e. The zero-order valence-electron chi connectivity index (χ0n) is 9.02. The van der Waals surface area contributed by atoms with Gasteiger partial charge in [0.1, 0.15) is 0 Å². The molecule has 16 heavy (non-hydrogen) atoms. The maximum absolute atomic E-state index is 5.79. The second-order valence-electron chi connectivity index (χ2n) is 4.01. The Kier molecular flexibility index (Phi) is 2.56. The van der Waals surface area contributed by atoms with Crippen LogP contribution in [0.1, 0.15) is 11.7 Å². The van der Waals surface area contributed by atoms with Crippen molar-refractivity contribution in [1.29, 1.82) is 0 Å². The number of hydrogen-bond acceptors (Lipinski definition) is 3. The molecule has 1 fully saturated rings. The molecule has 1 unspecified atom stereocenters. The molecule has 0 amide bonds. The average molecular weight is 214 g/mol. The molecule has 3 rings (SSSR count). The lowest BCUT2D eigenvalue weighted by molar-refractivity contribution is 0.0286. The Bertz CT molecular complexity index is 487. The minimum absolute atomic E-state index is 0.167. The number of benzene rings is 1. The summed E-state index contributed by atoms with van der Waals surface area (Å²) in [4.78, 5) is 4.14. The first-order valence-electron chi connectivity index (χ1n) is 5.60. The largest absolute Gasteiger partial charge is 0.371 e. The van der Waals surface area contributed by atoms with Crippen molar-refractivity contribution in [2.45, 2.75) is 6.10 Å². The summed E-state index contributed by atoms with van der Waals surface area (Å²) in [7, 11) is 0. The van der Waals surface area contributed by atoms with Crippen LogP contribution in [0.25, 0.3) is 10.8 Å². The first-order chi connectivity index (χ1) is 7.95. The van der Waals surface area contributed by atoms with E-state index >= 15 is 0 Å². The topological polar surface area (TPSA) is 34.1 Å². The SMILES string of the molecule is c1cc(C2CNCCO2)c2ccncc2c1. The number of rotatable bonds is 1. The third-order valence-corrected chi connectivity index (χ3v) is 2.99. The lowest BCUT2D eigenvalue weighted by Gasteiger charge is -2.24. The van der Waals surface area contributed by atoms with Gasteiger partial charge in [-0.3, -0.25) is 4.98 Å². The first-order valence-corrected chi connectivity index (χ1v) is 5.60. The van der Waals surface area contributed by atoms with Crippen molar-refractivity contribution in [3.8, 4) is 0 Å². The van der Waals surface area contributed by atoms with Crippen molar-refractivity contribution >= 4 is 10.8 Å². The van der Waals surface area contributed by atoms with E-state index < -0.39 is 0 Å². The fraction of sp³-hybridized carbons (Fsp3) is 0.308. The van der Waals surface area contributed by atoms with E-state index in [2.05, 4.69) is 34.6 Å². The summed E-state index contributed by atoms with van der Waals surface area (Å²) < 4.78 is 5.79. The molecule has 1 saturated heterocycles. The van der Waals surface area contributed by atoms with Crippen molar-refractivity contribution in [3.63, 3.8) is 0 Å². The quantitative estimate of drug-likeness (QED) is 0.787. The normalized spacial score (nSPS) is 21.1. The van der Waals surface area contributed by atoms with Crippen LogP contribution in [0.4, 0.5) is 0 Å². The van der Waals surface area contributed by atoms with Gasteiger partial charge >= 0.3 is 0 Å². The van der Waals surface area contributed by atoms with Crippen molar-refractivity contribution in [3.05, 3.63) is 42.2 Å². The molecule has 0 bridgehead atoms. The highest BCUT2D eigenvalue weighted by molar-refractivity contribution is 5.85. The van der Waals surface area contributed by atoms with Gasteiger partial charge in [-0.15, -0.1) is 0 Å². The number of fused-ring (bicyclic) bond motifs is 1. The van der Waals surface area contributed by atoms with Crippen LogP contribution >= 0.6 is 0 Å². The van der Waals surface area contributed by atoms with Crippen LogP contribution in [0.3, 0.4) is 0 Å². The number of pyridine rings is 1. The molecule has 2 aromatic rings. The molecule has 1 aliphatic heterocycles. The van der Waals surface area contributed by atoms with Crippen LogP contribution in [0.15, 0.2) is 36.7 Å². The predicted molar refractivity (Wildman–Crippen MR) is 63.3 cm³/mol. The van der Waals surface area contributed by atoms with Crippen molar-refractivity contribution in [1.82, 2.24) is 10.3 Å². The smallest absolute Gasteiger partial charge is 0.0955 e. The number of nitrogens with one attached hydrogen (secondary N) is 1. The first kappa shape index (κ1) is 9.75. The predicted octanol–water partition coefficient (Wildman–Crippen LogP) is 1.90. The van der Waals surface area contributed by atoms with Gasteiger partial charge in [0.15, 0.2) is 0 Å². The Morgan fingerprint density at radius 2 is 2.31 bits per heavy atom. The molecule has 0 radical (unpaired) electrons. The maximum atomic E-state index is 5.79. The molecular weight excluding hydrogens is 200 g/mol. The van der Waals surface area contributed by atoms with Gasteiger partial charge in [-0.2, -0.15) is 0 Å². The van der Waals surface area contributed by atoms with Gasteiger partial charge < -0.3 is 10.1 Å². The van der Waals surface area contributed by atoms with E-state index in [0.29, 0.717) is 0 Å². The number of ether oxygens (including phenoxy) is 1. The van der Waals surface area contributed by atoms with Crippen LogP contribution in [-0.2, 0) is 4.74 Å². The van der Waals surface area contributed by atoms with E-state index in [4.69, 9.17) is 4.74 Å². The molecule has 1 N–H and O–H groups in total. The van der Waals surface area contributed by atoms with E-state index in [0.717, 1.165) is 19.7 Å². The molecule has 0 saturated carbocycles. The Balaban J connectivity index is 2.08.